The van der Waals surface area contributed by atoms with Crippen molar-refractivity contribution in [2.24, 2.45) is 0 Å². The van der Waals surface area contributed by atoms with Crippen molar-refractivity contribution >= 4 is 40.8 Å². The molecule has 2 aromatic carbocycles. The summed E-state index contributed by atoms with van der Waals surface area (Å²) in [5.74, 6) is 0.200. The summed E-state index contributed by atoms with van der Waals surface area (Å²) in [7, 11) is 0. The average Bonchev–Trinajstić information content (AvgIpc) is 2.64. The van der Waals surface area contributed by atoms with Crippen molar-refractivity contribution in [2.45, 2.75) is 6.61 Å². The van der Waals surface area contributed by atoms with Crippen LogP contribution >= 0.6 is 23.2 Å². The van der Waals surface area contributed by atoms with Crippen molar-refractivity contribution < 1.29 is 4.74 Å². The summed E-state index contributed by atoms with van der Waals surface area (Å²) < 4.78 is 5.79. The van der Waals surface area contributed by atoms with Gasteiger partial charge in [-0.05, 0) is 23.8 Å². The Morgan fingerprint density at radius 2 is 1.58 bits per heavy atom. The van der Waals surface area contributed by atoms with Gasteiger partial charge in [-0.15, -0.1) is 0 Å². The third-order valence-electron chi connectivity index (χ3n) is 4.20. The third kappa shape index (κ3) is 3.19. The number of halogens is 2. The Labute approximate surface area is 161 Å². The van der Waals surface area contributed by atoms with Gasteiger partial charge in [0.15, 0.2) is 0 Å². The lowest BCUT2D eigenvalue weighted by Crippen LogP contribution is -2.15. The first-order chi connectivity index (χ1) is 12.6. The molecule has 0 bridgehead atoms. The molecule has 0 atom stereocenters. The summed E-state index contributed by atoms with van der Waals surface area (Å²) in [6.07, 6.45) is 1.98. The van der Waals surface area contributed by atoms with Gasteiger partial charge in [-0.3, -0.25) is 0 Å². The van der Waals surface area contributed by atoms with Crippen LogP contribution in [0.5, 0.6) is 0 Å². The van der Waals surface area contributed by atoms with Crippen LogP contribution in [0.3, 0.4) is 0 Å². The molecule has 1 aromatic heterocycles. The fraction of sp³-hybridized carbons (Fsp3) is 0.100. The molecule has 4 rings (SSSR count). The number of nitrogens with two attached hydrogens (primary N) is 1. The Morgan fingerprint density at radius 3 is 2.35 bits per heavy atom. The zero-order chi connectivity index (χ0) is 18.1. The molecular weight excluding hydrogens is 369 g/mol. The van der Waals surface area contributed by atoms with Gasteiger partial charge in [-0.2, -0.15) is 0 Å². The van der Waals surface area contributed by atoms with E-state index in [4.69, 9.17) is 33.7 Å². The number of hydrogen-bond acceptors (Lipinski definition) is 4. The second-order valence-corrected chi connectivity index (χ2v) is 6.74. The Bertz CT molecular complexity index is 1020. The van der Waals surface area contributed by atoms with E-state index in [0.29, 0.717) is 29.0 Å². The molecule has 6 heteroatoms. The zero-order valence-corrected chi connectivity index (χ0v) is 15.3. The molecular formula is C20H15Cl2N3O. The maximum Gasteiger partial charge on any atom is 0.221 e. The standard InChI is InChI=1S/C20H15Cl2N3O/c21-16-7-3-1-5-12(16)9-13-10-26-11-15-18(13)24-20(23)25-19(15)14-6-2-4-8-17(14)22/h1-9H,10-11H2,(H2,23,24,25)/b13-9+. The van der Waals surface area contributed by atoms with Crippen molar-refractivity contribution in [1.29, 1.82) is 0 Å². The molecule has 3 aromatic rings. The minimum Gasteiger partial charge on any atom is -0.372 e. The Morgan fingerprint density at radius 1 is 0.885 bits per heavy atom. The molecule has 1 aliphatic rings. The van der Waals surface area contributed by atoms with Crippen LogP contribution < -0.4 is 5.73 Å². The summed E-state index contributed by atoms with van der Waals surface area (Å²) in [5.41, 5.74) is 11.0. The predicted octanol–water partition coefficient (Wildman–Crippen LogP) is 5.10. The van der Waals surface area contributed by atoms with Crippen LogP contribution in [0.25, 0.3) is 22.9 Å². The van der Waals surface area contributed by atoms with Crippen LogP contribution in [-0.4, -0.2) is 16.6 Å². The van der Waals surface area contributed by atoms with Gasteiger partial charge in [0.25, 0.3) is 0 Å². The van der Waals surface area contributed by atoms with Crippen LogP contribution in [0.15, 0.2) is 48.5 Å². The van der Waals surface area contributed by atoms with Crippen LogP contribution in [-0.2, 0) is 11.3 Å². The fourth-order valence-corrected chi connectivity index (χ4v) is 3.42. The summed E-state index contributed by atoms with van der Waals surface area (Å²) in [4.78, 5) is 8.89. The lowest BCUT2D eigenvalue weighted by atomic mass is 9.97. The van der Waals surface area contributed by atoms with E-state index in [-0.39, 0.29) is 5.95 Å². The number of rotatable bonds is 2. The van der Waals surface area contributed by atoms with Crippen LogP contribution in [0.1, 0.15) is 16.8 Å². The van der Waals surface area contributed by atoms with E-state index in [1.165, 1.54) is 0 Å². The first-order valence-corrected chi connectivity index (χ1v) is 8.83. The van der Waals surface area contributed by atoms with Crippen molar-refractivity contribution in [3.8, 4) is 11.3 Å². The van der Waals surface area contributed by atoms with E-state index >= 15 is 0 Å². The largest absolute Gasteiger partial charge is 0.372 e. The topological polar surface area (TPSA) is 61.0 Å². The van der Waals surface area contributed by atoms with Gasteiger partial charge in [0, 0.05) is 26.7 Å². The number of nitrogen functional groups attached to an aromatic ring is 1. The zero-order valence-electron chi connectivity index (χ0n) is 13.7. The number of hydrogen-bond donors (Lipinski definition) is 1. The van der Waals surface area contributed by atoms with Crippen LogP contribution in [0, 0.1) is 0 Å². The number of ether oxygens (including phenoxy) is 1. The smallest absolute Gasteiger partial charge is 0.221 e. The molecule has 0 saturated heterocycles. The second-order valence-electron chi connectivity index (χ2n) is 5.92. The number of anilines is 1. The molecule has 0 saturated carbocycles. The molecule has 0 spiro atoms. The molecule has 1 aliphatic heterocycles. The normalized spacial score (nSPS) is 15.1. The summed E-state index contributed by atoms with van der Waals surface area (Å²) in [6, 6.07) is 15.2. The molecule has 0 unspecified atom stereocenters. The summed E-state index contributed by atoms with van der Waals surface area (Å²) >= 11 is 12.7. The third-order valence-corrected chi connectivity index (χ3v) is 4.87. The number of benzene rings is 2. The molecule has 0 amide bonds. The fourth-order valence-electron chi connectivity index (χ4n) is 3.00. The van der Waals surface area contributed by atoms with Crippen LogP contribution in [0.4, 0.5) is 5.95 Å². The van der Waals surface area contributed by atoms with Gasteiger partial charge in [0.1, 0.15) is 0 Å². The summed E-state index contributed by atoms with van der Waals surface area (Å²) in [6.45, 7) is 0.826. The minimum atomic E-state index is 0.200. The first kappa shape index (κ1) is 17.0. The van der Waals surface area contributed by atoms with Crippen molar-refractivity contribution in [3.05, 3.63) is 75.4 Å². The number of aromatic nitrogens is 2. The van der Waals surface area contributed by atoms with Gasteiger partial charge in [-0.25, -0.2) is 9.97 Å². The van der Waals surface area contributed by atoms with Gasteiger partial charge in [0.2, 0.25) is 5.95 Å². The first-order valence-electron chi connectivity index (χ1n) is 8.08. The molecule has 130 valence electrons. The molecule has 2 heterocycles. The Kier molecular flexibility index (Phi) is 4.64. The van der Waals surface area contributed by atoms with Crippen molar-refractivity contribution in [1.82, 2.24) is 9.97 Å². The van der Waals surface area contributed by atoms with E-state index in [2.05, 4.69) is 9.97 Å². The highest BCUT2D eigenvalue weighted by molar-refractivity contribution is 6.33. The molecule has 0 fully saturated rings. The van der Waals surface area contributed by atoms with E-state index < -0.39 is 0 Å². The molecule has 26 heavy (non-hydrogen) atoms. The number of fused-ring (bicyclic) bond motifs is 1. The molecule has 0 aliphatic carbocycles. The van der Waals surface area contributed by atoms with Gasteiger partial charge < -0.3 is 10.5 Å². The van der Waals surface area contributed by atoms with E-state index in [9.17, 15) is 0 Å². The summed E-state index contributed by atoms with van der Waals surface area (Å²) in [5, 5.41) is 1.27. The maximum absolute atomic E-state index is 6.37. The minimum absolute atomic E-state index is 0.200. The highest BCUT2D eigenvalue weighted by Crippen LogP contribution is 2.36. The van der Waals surface area contributed by atoms with Crippen LogP contribution in [0.2, 0.25) is 10.0 Å². The molecule has 2 N–H and O–H groups in total. The predicted molar refractivity (Wildman–Crippen MR) is 106 cm³/mol. The van der Waals surface area contributed by atoms with E-state index in [1.807, 2.05) is 54.6 Å². The van der Waals surface area contributed by atoms with Crippen molar-refractivity contribution in [2.75, 3.05) is 12.3 Å². The quantitative estimate of drug-likeness (QED) is 0.668. The van der Waals surface area contributed by atoms with E-state index in [1.54, 1.807) is 0 Å². The Hall–Kier alpha value is -2.40. The van der Waals surface area contributed by atoms with Gasteiger partial charge >= 0.3 is 0 Å². The average molecular weight is 384 g/mol. The lowest BCUT2D eigenvalue weighted by Gasteiger charge is -2.22. The van der Waals surface area contributed by atoms with Gasteiger partial charge in [0.05, 0.1) is 24.6 Å². The maximum atomic E-state index is 6.37. The highest BCUT2D eigenvalue weighted by atomic mass is 35.5. The SMILES string of the molecule is Nc1nc2c(c(-c3ccccc3Cl)n1)COC/C2=C\c1ccccc1Cl. The molecule has 0 radical (unpaired) electrons. The van der Waals surface area contributed by atoms with Crippen molar-refractivity contribution in [3.63, 3.8) is 0 Å². The monoisotopic (exact) mass is 383 g/mol. The number of nitrogens with zero attached hydrogens (tertiary/aromatic N) is 2. The lowest BCUT2D eigenvalue weighted by molar-refractivity contribution is 0.146. The Balaban J connectivity index is 1.90. The van der Waals surface area contributed by atoms with E-state index in [0.717, 1.165) is 28.0 Å². The molecule has 4 nitrogen and oxygen atoms in total. The second kappa shape index (κ2) is 7.08. The highest BCUT2D eigenvalue weighted by Gasteiger charge is 2.23. The van der Waals surface area contributed by atoms with Gasteiger partial charge in [-0.1, -0.05) is 59.6 Å².